The van der Waals surface area contributed by atoms with E-state index >= 15 is 0 Å². The highest BCUT2D eigenvalue weighted by Crippen LogP contribution is 2.50. The van der Waals surface area contributed by atoms with Crippen LogP contribution in [0.15, 0.2) is 60.7 Å². The molecule has 0 bridgehead atoms. The van der Waals surface area contributed by atoms with Crippen molar-refractivity contribution < 1.29 is 9.47 Å². The molecule has 0 unspecified atom stereocenters. The Labute approximate surface area is 169 Å². The van der Waals surface area contributed by atoms with Gasteiger partial charge in [0, 0.05) is 51.1 Å². The first-order valence-corrected chi connectivity index (χ1v) is 10.7. The topological polar surface area (TPSA) is 18.5 Å². The van der Waals surface area contributed by atoms with Crippen LogP contribution >= 0.6 is 22.7 Å². The van der Waals surface area contributed by atoms with Crippen LogP contribution in [0.2, 0.25) is 0 Å². The third kappa shape index (κ3) is 2.02. The van der Waals surface area contributed by atoms with Gasteiger partial charge in [-0.1, -0.05) is 36.4 Å². The van der Waals surface area contributed by atoms with Gasteiger partial charge in [0.05, 0.1) is 14.2 Å². The van der Waals surface area contributed by atoms with E-state index < -0.39 is 0 Å². The van der Waals surface area contributed by atoms with E-state index in [0.29, 0.717) is 0 Å². The van der Waals surface area contributed by atoms with E-state index in [4.69, 9.17) is 9.47 Å². The van der Waals surface area contributed by atoms with Crippen LogP contribution < -0.4 is 9.47 Å². The zero-order chi connectivity index (χ0) is 18.8. The minimum Gasteiger partial charge on any atom is -0.493 e. The molecule has 0 saturated heterocycles. The SMILES string of the molecule is COc1cc2c(cc1OC)c1sc3ccccc3c1c1c3ccccc3sc21. The Bertz CT molecular complexity index is 1420. The van der Waals surface area contributed by atoms with Gasteiger partial charge in [-0.15, -0.1) is 22.7 Å². The predicted octanol–water partition coefficient (Wildman–Crippen LogP) is 7.59. The zero-order valence-corrected chi connectivity index (χ0v) is 17.0. The van der Waals surface area contributed by atoms with Gasteiger partial charge in [-0.25, -0.2) is 0 Å². The van der Waals surface area contributed by atoms with Crippen molar-refractivity contribution >= 4 is 73.8 Å². The van der Waals surface area contributed by atoms with E-state index in [1.807, 2.05) is 22.7 Å². The third-order valence-electron chi connectivity index (χ3n) is 5.45. The number of fused-ring (bicyclic) bond motifs is 10. The minimum atomic E-state index is 0.772. The maximum absolute atomic E-state index is 5.62. The first-order valence-electron chi connectivity index (χ1n) is 9.10. The fraction of sp³-hybridized carbons (Fsp3) is 0.0833. The number of hydrogen-bond acceptors (Lipinski definition) is 4. The molecule has 0 spiro atoms. The lowest BCUT2D eigenvalue weighted by Crippen LogP contribution is -1.90. The quantitative estimate of drug-likeness (QED) is 0.298. The molecule has 6 rings (SSSR count). The van der Waals surface area contributed by atoms with E-state index in [0.717, 1.165) is 11.5 Å². The molecule has 0 atom stereocenters. The first-order chi connectivity index (χ1) is 13.8. The van der Waals surface area contributed by atoms with Gasteiger partial charge in [0.25, 0.3) is 0 Å². The molecule has 2 aromatic heterocycles. The number of hydrogen-bond donors (Lipinski definition) is 0. The van der Waals surface area contributed by atoms with Gasteiger partial charge >= 0.3 is 0 Å². The Morgan fingerprint density at radius 1 is 0.571 bits per heavy atom. The molecule has 0 amide bonds. The largest absolute Gasteiger partial charge is 0.493 e. The van der Waals surface area contributed by atoms with E-state index in [9.17, 15) is 0 Å². The number of methoxy groups -OCH3 is 2. The number of rotatable bonds is 2. The van der Waals surface area contributed by atoms with Crippen molar-refractivity contribution in [1.82, 2.24) is 0 Å². The van der Waals surface area contributed by atoms with Gasteiger partial charge in [-0.2, -0.15) is 0 Å². The fourth-order valence-corrected chi connectivity index (χ4v) is 6.70. The van der Waals surface area contributed by atoms with Crippen molar-refractivity contribution in [2.45, 2.75) is 0 Å². The van der Waals surface area contributed by atoms with Gasteiger partial charge < -0.3 is 9.47 Å². The highest BCUT2D eigenvalue weighted by molar-refractivity contribution is 7.29. The summed E-state index contributed by atoms with van der Waals surface area (Å²) < 4.78 is 16.5. The summed E-state index contributed by atoms with van der Waals surface area (Å²) in [7, 11) is 3.40. The van der Waals surface area contributed by atoms with E-state index in [1.165, 1.54) is 51.1 Å². The van der Waals surface area contributed by atoms with E-state index in [2.05, 4.69) is 60.7 Å². The number of benzene rings is 4. The first kappa shape index (κ1) is 16.2. The second-order valence-electron chi connectivity index (χ2n) is 6.86. The van der Waals surface area contributed by atoms with Crippen LogP contribution in [-0.2, 0) is 0 Å². The average Bonchev–Trinajstić information content (AvgIpc) is 3.31. The smallest absolute Gasteiger partial charge is 0.161 e. The van der Waals surface area contributed by atoms with Crippen molar-refractivity contribution in [1.29, 1.82) is 0 Å². The third-order valence-corrected chi connectivity index (χ3v) is 7.86. The van der Waals surface area contributed by atoms with E-state index in [-0.39, 0.29) is 0 Å². The second kappa shape index (κ2) is 5.84. The van der Waals surface area contributed by atoms with E-state index in [1.54, 1.807) is 14.2 Å². The predicted molar refractivity (Wildman–Crippen MR) is 123 cm³/mol. The zero-order valence-electron chi connectivity index (χ0n) is 15.4. The summed E-state index contributed by atoms with van der Waals surface area (Å²) in [6.07, 6.45) is 0. The van der Waals surface area contributed by atoms with Crippen LogP contribution in [-0.4, -0.2) is 14.2 Å². The average molecular weight is 401 g/mol. The lowest BCUT2D eigenvalue weighted by atomic mass is 9.99. The van der Waals surface area contributed by atoms with Crippen molar-refractivity contribution in [3.63, 3.8) is 0 Å². The Balaban J connectivity index is 2.00. The molecule has 0 saturated carbocycles. The summed E-state index contributed by atoms with van der Waals surface area (Å²) in [6, 6.07) is 21.7. The fourth-order valence-electron chi connectivity index (χ4n) is 4.22. The molecular formula is C24H16O2S2. The molecular weight excluding hydrogens is 384 g/mol. The lowest BCUT2D eigenvalue weighted by molar-refractivity contribution is 0.356. The molecule has 4 aromatic carbocycles. The van der Waals surface area contributed by atoms with Crippen LogP contribution in [0.5, 0.6) is 11.5 Å². The van der Waals surface area contributed by atoms with Crippen molar-refractivity contribution in [3.05, 3.63) is 60.7 Å². The second-order valence-corrected chi connectivity index (χ2v) is 8.96. The summed E-state index contributed by atoms with van der Waals surface area (Å²) in [5.74, 6) is 1.54. The monoisotopic (exact) mass is 400 g/mol. The summed E-state index contributed by atoms with van der Waals surface area (Å²) >= 11 is 3.72. The molecule has 2 nitrogen and oxygen atoms in total. The molecule has 0 fully saturated rings. The Morgan fingerprint density at radius 2 is 1.00 bits per heavy atom. The molecule has 0 aliphatic rings. The number of thiophene rings is 2. The minimum absolute atomic E-state index is 0.772. The van der Waals surface area contributed by atoms with Gasteiger partial charge in [-0.05, 0) is 24.3 Å². The Morgan fingerprint density at radius 3 is 1.43 bits per heavy atom. The molecule has 0 aliphatic heterocycles. The molecule has 2 heterocycles. The summed E-state index contributed by atoms with van der Waals surface area (Å²) in [5, 5.41) is 7.82. The van der Waals surface area contributed by atoms with Gasteiger partial charge in [-0.3, -0.25) is 0 Å². The summed E-state index contributed by atoms with van der Waals surface area (Å²) in [4.78, 5) is 0. The normalized spacial score (nSPS) is 11.9. The van der Waals surface area contributed by atoms with Gasteiger partial charge in [0.2, 0.25) is 0 Å². The molecule has 4 heteroatoms. The van der Waals surface area contributed by atoms with Crippen LogP contribution in [0.3, 0.4) is 0 Å². The highest BCUT2D eigenvalue weighted by Gasteiger charge is 2.20. The number of ether oxygens (including phenoxy) is 2. The van der Waals surface area contributed by atoms with Crippen LogP contribution in [0.1, 0.15) is 0 Å². The van der Waals surface area contributed by atoms with Crippen LogP contribution in [0.25, 0.3) is 51.1 Å². The van der Waals surface area contributed by atoms with Crippen LogP contribution in [0.4, 0.5) is 0 Å². The molecule has 6 aromatic rings. The summed E-state index contributed by atoms with van der Waals surface area (Å²) in [5.41, 5.74) is 0. The molecule has 0 radical (unpaired) electrons. The summed E-state index contributed by atoms with van der Waals surface area (Å²) in [6.45, 7) is 0. The van der Waals surface area contributed by atoms with Crippen LogP contribution in [0, 0.1) is 0 Å². The Kier molecular flexibility index (Phi) is 3.37. The highest BCUT2D eigenvalue weighted by atomic mass is 32.1. The van der Waals surface area contributed by atoms with Crippen molar-refractivity contribution in [2.24, 2.45) is 0 Å². The Hall–Kier alpha value is -2.82. The standard InChI is InChI=1S/C24H16O2S2/c1-25-17-11-15-16(12-18(17)26-2)24-22(14-8-4-6-10-20(14)28-24)21-13-7-3-5-9-19(13)27-23(15)21/h3-12H,1-2H3. The van der Waals surface area contributed by atoms with Crippen molar-refractivity contribution in [2.75, 3.05) is 14.2 Å². The van der Waals surface area contributed by atoms with Crippen molar-refractivity contribution in [3.8, 4) is 11.5 Å². The lowest BCUT2D eigenvalue weighted by Gasteiger charge is -2.11. The molecule has 0 aliphatic carbocycles. The maximum Gasteiger partial charge on any atom is 0.161 e. The van der Waals surface area contributed by atoms with Gasteiger partial charge in [0.1, 0.15) is 0 Å². The van der Waals surface area contributed by atoms with Gasteiger partial charge in [0.15, 0.2) is 11.5 Å². The molecule has 0 N–H and O–H groups in total. The molecule has 28 heavy (non-hydrogen) atoms. The molecule has 136 valence electrons. The maximum atomic E-state index is 5.62.